The van der Waals surface area contributed by atoms with Crippen molar-refractivity contribution in [1.82, 2.24) is 14.8 Å². The highest BCUT2D eigenvalue weighted by molar-refractivity contribution is 5.36. The molecule has 2 rings (SSSR count). The van der Waals surface area contributed by atoms with Crippen LogP contribution in [0.15, 0.2) is 24.4 Å². The van der Waals surface area contributed by atoms with Crippen LogP contribution in [0.4, 0.5) is 5.82 Å². The van der Waals surface area contributed by atoms with Gasteiger partial charge in [-0.1, -0.05) is 13.0 Å². The molecule has 4 heteroatoms. The molecule has 17 heavy (non-hydrogen) atoms. The Hall–Kier alpha value is -1.84. The van der Waals surface area contributed by atoms with Crippen molar-refractivity contribution in [2.75, 3.05) is 5.32 Å². The second-order valence-electron chi connectivity index (χ2n) is 4.15. The number of nitrogens with zero attached hydrogens (tertiary/aromatic N) is 3. The molecule has 0 aromatic carbocycles. The van der Waals surface area contributed by atoms with Gasteiger partial charge in [0.05, 0.1) is 5.69 Å². The minimum atomic E-state index is 0.771. The minimum Gasteiger partial charge on any atom is -0.366 e. The summed E-state index contributed by atoms with van der Waals surface area (Å²) in [4.78, 5) is 4.41. The first-order valence-electron chi connectivity index (χ1n) is 5.88. The largest absolute Gasteiger partial charge is 0.366 e. The summed E-state index contributed by atoms with van der Waals surface area (Å²) in [6.07, 6.45) is 3.01. The van der Waals surface area contributed by atoms with Crippen molar-refractivity contribution in [3.63, 3.8) is 0 Å². The standard InChI is InChI=1S/C13H18N4/c1-4-12-11(9-17(3)16-12)8-14-13-7-5-6-10(2)15-13/h5-7,9H,4,8H2,1-3H3,(H,14,15). The normalized spacial score (nSPS) is 10.5. The van der Waals surface area contributed by atoms with Crippen LogP contribution in [0, 0.1) is 6.92 Å². The van der Waals surface area contributed by atoms with E-state index in [1.54, 1.807) is 0 Å². The molecule has 0 unspecified atom stereocenters. The van der Waals surface area contributed by atoms with Crippen molar-refractivity contribution in [3.05, 3.63) is 41.3 Å². The van der Waals surface area contributed by atoms with Crippen molar-refractivity contribution in [2.24, 2.45) is 7.05 Å². The number of anilines is 1. The van der Waals surface area contributed by atoms with Crippen LogP contribution in [-0.2, 0) is 20.0 Å². The highest BCUT2D eigenvalue weighted by Crippen LogP contribution is 2.10. The molecule has 0 spiro atoms. The van der Waals surface area contributed by atoms with Gasteiger partial charge in [0.2, 0.25) is 0 Å². The average Bonchev–Trinajstić information content (AvgIpc) is 2.67. The predicted octanol–water partition coefficient (Wildman–Crippen LogP) is 2.30. The smallest absolute Gasteiger partial charge is 0.126 e. The van der Waals surface area contributed by atoms with Crippen molar-refractivity contribution in [2.45, 2.75) is 26.8 Å². The highest BCUT2D eigenvalue weighted by Gasteiger charge is 2.05. The van der Waals surface area contributed by atoms with E-state index in [9.17, 15) is 0 Å². The van der Waals surface area contributed by atoms with E-state index in [2.05, 4.69) is 28.5 Å². The monoisotopic (exact) mass is 230 g/mol. The predicted molar refractivity (Wildman–Crippen MR) is 68.9 cm³/mol. The second kappa shape index (κ2) is 4.99. The minimum absolute atomic E-state index is 0.771. The summed E-state index contributed by atoms with van der Waals surface area (Å²) in [6, 6.07) is 5.98. The molecule has 2 heterocycles. The van der Waals surface area contributed by atoms with Crippen LogP contribution in [0.5, 0.6) is 0 Å². The molecule has 90 valence electrons. The van der Waals surface area contributed by atoms with Crippen LogP contribution >= 0.6 is 0 Å². The Bertz CT molecular complexity index is 502. The number of aromatic nitrogens is 3. The molecule has 0 saturated carbocycles. The molecule has 0 aliphatic carbocycles. The maximum absolute atomic E-state index is 4.42. The third kappa shape index (κ3) is 2.84. The number of hydrogen-bond donors (Lipinski definition) is 1. The van der Waals surface area contributed by atoms with Crippen molar-refractivity contribution < 1.29 is 0 Å². The molecule has 2 aromatic heterocycles. The van der Waals surface area contributed by atoms with Gasteiger partial charge in [-0.25, -0.2) is 4.98 Å². The van der Waals surface area contributed by atoms with Gasteiger partial charge in [0.1, 0.15) is 5.82 Å². The summed E-state index contributed by atoms with van der Waals surface area (Å²) < 4.78 is 1.86. The molecular formula is C13H18N4. The Morgan fingerprint density at radius 1 is 1.35 bits per heavy atom. The Labute approximate surface area is 102 Å². The van der Waals surface area contributed by atoms with E-state index in [4.69, 9.17) is 0 Å². The fourth-order valence-electron chi connectivity index (χ4n) is 1.86. The summed E-state index contributed by atoms with van der Waals surface area (Å²) in [5.74, 6) is 0.913. The van der Waals surface area contributed by atoms with Crippen LogP contribution in [0.2, 0.25) is 0 Å². The van der Waals surface area contributed by atoms with E-state index in [0.29, 0.717) is 0 Å². The molecule has 0 fully saturated rings. The molecule has 1 N–H and O–H groups in total. The summed E-state index contributed by atoms with van der Waals surface area (Å²) in [6.45, 7) is 4.89. The maximum atomic E-state index is 4.42. The van der Waals surface area contributed by atoms with Gasteiger partial charge in [0.15, 0.2) is 0 Å². The molecule has 0 amide bonds. The fraction of sp³-hybridized carbons (Fsp3) is 0.385. The van der Waals surface area contributed by atoms with E-state index in [-0.39, 0.29) is 0 Å². The van der Waals surface area contributed by atoms with E-state index in [0.717, 1.165) is 30.2 Å². The van der Waals surface area contributed by atoms with Gasteiger partial charge in [-0.3, -0.25) is 4.68 Å². The van der Waals surface area contributed by atoms with E-state index >= 15 is 0 Å². The Balaban J connectivity index is 2.06. The SMILES string of the molecule is CCc1nn(C)cc1CNc1cccc(C)n1. The summed E-state index contributed by atoms with van der Waals surface area (Å²) in [5.41, 5.74) is 3.41. The lowest BCUT2D eigenvalue weighted by molar-refractivity contribution is 0.746. The van der Waals surface area contributed by atoms with E-state index in [1.807, 2.05) is 36.9 Å². The molecule has 0 aliphatic heterocycles. The van der Waals surface area contributed by atoms with Crippen molar-refractivity contribution in [3.8, 4) is 0 Å². The van der Waals surface area contributed by atoms with Crippen LogP contribution in [0.25, 0.3) is 0 Å². The molecule has 4 nitrogen and oxygen atoms in total. The van der Waals surface area contributed by atoms with Gasteiger partial charge in [-0.05, 0) is 25.5 Å². The van der Waals surface area contributed by atoms with Crippen LogP contribution in [-0.4, -0.2) is 14.8 Å². The third-order valence-corrected chi connectivity index (χ3v) is 2.67. The van der Waals surface area contributed by atoms with E-state index in [1.165, 1.54) is 5.56 Å². The van der Waals surface area contributed by atoms with Crippen LogP contribution in [0.3, 0.4) is 0 Å². The Morgan fingerprint density at radius 2 is 2.18 bits per heavy atom. The van der Waals surface area contributed by atoms with Crippen LogP contribution in [0.1, 0.15) is 23.9 Å². The second-order valence-corrected chi connectivity index (χ2v) is 4.15. The van der Waals surface area contributed by atoms with Gasteiger partial charge >= 0.3 is 0 Å². The average molecular weight is 230 g/mol. The van der Waals surface area contributed by atoms with Gasteiger partial charge in [0, 0.05) is 31.0 Å². The topological polar surface area (TPSA) is 42.7 Å². The quantitative estimate of drug-likeness (QED) is 0.876. The number of nitrogens with one attached hydrogen (secondary N) is 1. The van der Waals surface area contributed by atoms with Gasteiger partial charge in [-0.15, -0.1) is 0 Å². The number of pyridine rings is 1. The first kappa shape index (κ1) is 11.6. The first-order valence-corrected chi connectivity index (χ1v) is 5.88. The van der Waals surface area contributed by atoms with Crippen LogP contribution < -0.4 is 5.32 Å². The molecule has 0 bridgehead atoms. The Kier molecular flexibility index (Phi) is 3.42. The molecule has 0 saturated heterocycles. The summed E-state index contributed by atoms with van der Waals surface area (Å²) in [5, 5.41) is 7.74. The molecule has 0 aliphatic rings. The molecular weight excluding hydrogens is 212 g/mol. The van der Waals surface area contributed by atoms with Gasteiger partial charge < -0.3 is 5.32 Å². The lowest BCUT2D eigenvalue weighted by Crippen LogP contribution is -2.03. The van der Waals surface area contributed by atoms with Gasteiger partial charge in [-0.2, -0.15) is 5.10 Å². The Morgan fingerprint density at radius 3 is 2.88 bits per heavy atom. The third-order valence-electron chi connectivity index (χ3n) is 2.67. The zero-order valence-electron chi connectivity index (χ0n) is 10.6. The van der Waals surface area contributed by atoms with Gasteiger partial charge in [0.25, 0.3) is 0 Å². The molecule has 0 atom stereocenters. The van der Waals surface area contributed by atoms with Crippen molar-refractivity contribution in [1.29, 1.82) is 0 Å². The number of hydrogen-bond acceptors (Lipinski definition) is 3. The lowest BCUT2D eigenvalue weighted by atomic mass is 10.2. The lowest BCUT2D eigenvalue weighted by Gasteiger charge is -2.05. The summed E-state index contributed by atoms with van der Waals surface area (Å²) in [7, 11) is 1.95. The first-order chi connectivity index (χ1) is 8.19. The summed E-state index contributed by atoms with van der Waals surface area (Å²) >= 11 is 0. The fourth-order valence-corrected chi connectivity index (χ4v) is 1.86. The number of rotatable bonds is 4. The van der Waals surface area contributed by atoms with Crippen molar-refractivity contribution >= 4 is 5.82 Å². The van der Waals surface area contributed by atoms with E-state index < -0.39 is 0 Å². The highest BCUT2D eigenvalue weighted by atomic mass is 15.3. The zero-order valence-corrected chi connectivity index (χ0v) is 10.6. The maximum Gasteiger partial charge on any atom is 0.126 e. The number of aryl methyl sites for hydroxylation is 3. The molecule has 2 aromatic rings. The molecule has 0 radical (unpaired) electrons. The zero-order chi connectivity index (χ0) is 12.3.